The van der Waals surface area contributed by atoms with Crippen molar-refractivity contribution in [1.82, 2.24) is 21.5 Å². The Hall–Kier alpha value is -4.06. The van der Waals surface area contributed by atoms with Gasteiger partial charge in [-0.15, -0.1) is 0 Å². The molecule has 5 amide bonds. The topological polar surface area (TPSA) is 169 Å². The molecule has 11 nitrogen and oxygen atoms in total. The molecule has 39 heavy (non-hydrogen) atoms. The number of carbonyl (C=O) groups excluding carboxylic acids is 5. The molecule has 0 fully saturated rings. The van der Waals surface area contributed by atoms with E-state index in [4.69, 9.17) is 10.5 Å². The number of nitrogens with two attached hydrogens (primary N) is 1. The van der Waals surface area contributed by atoms with Gasteiger partial charge in [0.2, 0.25) is 17.7 Å². The van der Waals surface area contributed by atoms with Crippen molar-refractivity contribution in [3.63, 3.8) is 0 Å². The van der Waals surface area contributed by atoms with Crippen LogP contribution in [-0.2, 0) is 23.9 Å². The molecule has 208 valence electrons. The zero-order valence-corrected chi connectivity index (χ0v) is 22.8. The number of amides is 5. The highest BCUT2D eigenvalue weighted by Crippen LogP contribution is 2.44. The molecule has 0 heterocycles. The van der Waals surface area contributed by atoms with E-state index in [1.54, 1.807) is 13.8 Å². The van der Waals surface area contributed by atoms with Crippen molar-refractivity contribution in [3.05, 3.63) is 59.7 Å². The largest absolute Gasteiger partial charge is 0.449 e. The second-order valence-electron chi connectivity index (χ2n) is 9.95. The summed E-state index contributed by atoms with van der Waals surface area (Å²) < 4.78 is 4.86. The molecular formula is C27H33N5O6S. The Bertz CT molecular complexity index is 1220. The lowest BCUT2D eigenvalue weighted by Gasteiger charge is -2.21. The van der Waals surface area contributed by atoms with Crippen LogP contribution in [0.1, 0.15) is 50.7 Å². The number of hydrogen-bond donors (Lipinski definition) is 6. The third-order valence-electron chi connectivity index (χ3n) is 6.03. The van der Waals surface area contributed by atoms with Crippen LogP contribution < -0.4 is 27.2 Å². The van der Waals surface area contributed by atoms with E-state index in [1.165, 1.54) is 6.92 Å². The van der Waals surface area contributed by atoms with Gasteiger partial charge in [-0.05, 0) is 29.2 Å². The Morgan fingerprint density at radius 1 is 0.923 bits per heavy atom. The maximum absolute atomic E-state index is 12.8. The number of hydrogen-bond acceptors (Lipinski definition) is 7. The van der Waals surface area contributed by atoms with Gasteiger partial charge in [0.15, 0.2) is 0 Å². The number of carbonyl (C=O) groups is 5. The SMILES string of the molecule is C[C@H](NC(=O)[C@H](CC(N)=O)NC(=O)OCC1c2ccccc2-c2ccccc21)C(=O)NNC(=O)CC(C)(C)S. The molecule has 0 radical (unpaired) electrons. The zero-order chi connectivity index (χ0) is 28.7. The summed E-state index contributed by atoms with van der Waals surface area (Å²) in [6.45, 7) is 4.86. The van der Waals surface area contributed by atoms with Crippen LogP contribution >= 0.6 is 12.6 Å². The summed E-state index contributed by atoms with van der Waals surface area (Å²) in [6, 6.07) is 13.2. The molecule has 1 aliphatic rings. The summed E-state index contributed by atoms with van der Waals surface area (Å²) in [4.78, 5) is 61.2. The molecule has 0 saturated heterocycles. The van der Waals surface area contributed by atoms with Crippen molar-refractivity contribution >= 4 is 42.4 Å². The Labute approximate surface area is 232 Å². The van der Waals surface area contributed by atoms with Crippen LogP contribution in [-0.4, -0.2) is 53.2 Å². The maximum atomic E-state index is 12.8. The molecule has 0 saturated carbocycles. The third kappa shape index (κ3) is 8.21. The summed E-state index contributed by atoms with van der Waals surface area (Å²) in [6.07, 6.45) is -1.39. The van der Waals surface area contributed by atoms with E-state index in [9.17, 15) is 24.0 Å². The monoisotopic (exact) mass is 555 g/mol. The average Bonchev–Trinajstić information content (AvgIpc) is 3.18. The highest BCUT2D eigenvalue weighted by molar-refractivity contribution is 7.81. The summed E-state index contributed by atoms with van der Waals surface area (Å²) >= 11 is 4.25. The van der Waals surface area contributed by atoms with E-state index in [1.807, 2.05) is 48.5 Å². The van der Waals surface area contributed by atoms with Crippen molar-refractivity contribution in [2.45, 2.75) is 56.4 Å². The highest BCUT2D eigenvalue weighted by atomic mass is 32.1. The standard InChI is InChI=1S/C27H33N5O6S/c1-15(24(35)32-31-23(34)13-27(2,3)39)29-25(36)21(12-22(28)33)30-26(37)38-14-20-18-10-6-4-8-16(18)17-9-5-7-11-19(17)20/h4-11,15,20-21,39H,12-14H2,1-3H3,(H2,28,33)(H,29,36)(H,30,37)(H,31,34)(H,32,35)/t15-,21-/m0/s1. The normalized spacial score (nSPS) is 13.7. The van der Waals surface area contributed by atoms with Crippen LogP contribution in [0.15, 0.2) is 48.5 Å². The zero-order valence-electron chi connectivity index (χ0n) is 21.9. The van der Waals surface area contributed by atoms with Gasteiger partial charge in [0.05, 0.1) is 6.42 Å². The van der Waals surface area contributed by atoms with Crippen LogP contribution in [0.25, 0.3) is 11.1 Å². The second-order valence-corrected chi connectivity index (χ2v) is 11.2. The molecule has 6 N–H and O–H groups in total. The van der Waals surface area contributed by atoms with Crippen molar-refractivity contribution in [1.29, 1.82) is 0 Å². The van der Waals surface area contributed by atoms with Gasteiger partial charge < -0.3 is 21.1 Å². The van der Waals surface area contributed by atoms with Crippen LogP contribution in [0.2, 0.25) is 0 Å². The summed E-state index contributed by atoms with van der Waals surface area (Å²) in [7, 11) is 0. The number of fused-ring (bicyclic) bond motifs is 3. The fraction of sp³-hybridized carbons (Fsp3) is 0.370. The predicted molar refractivity (Wildman–Crippen MR) is 147 cm³/mol. The lowest BCUT2D eigenvalue weighted by Crippen LogP contribution is -2.56. The molecule has 0 unspecified atom stereocenters. The van der Waals surface area contributed by atoms with Gasteiger partial charge in [-0.25, -0.2) is 4.79 Å². The summed E-state index contributed by atoms with van der Waals surface area (Å²) in [5.41, 5.74) is 13.9. The number of primary amides is 1. The van der Waals surface area contributed by atoms with Crippen LogP contribution in [0.5, 0.6) is 0 Å². The Morgan fingerprint density at radius 3 is 2.03 bits per heavy atom. The third-order valence-corrected chi connectivity index (χ3v) is 6.19. The first-order valence-corrected chi connectivity index (χ1v) is 12.8. The number of nitrogens with one attached hydrogen (secondary N) is 4. The molecule has 0 aromatic heterocycles. The molecule has 0 bridgehead atoms. The minimum absolute atomic E-state index is 0.00632. The molecule has 2 aromatic rings. The quantitative estimate of drug-likeness (QED) is 0.192. The van der Waals surface area contributed by atoms with E-state index in [2.05, 4.69) is 34.1 Å². The number of thiol groups is 1. The van der Waals surface area contributed by atoms with E-state index in [0.29, 0.717) is 0 Å². The lowest BCUT2D eigenvalue weighted by molar-refractivity contribution is -0.133. The molecule has 0 spiro atoms. The van der Waals surface area contributed by atoms with Gasteiger partial charge in [-0.3, -0.25) is 30.0 Å². The highest BCUT2D eigenvalue weighted by Gasteiger charge is 2.31. The summed E-state index contributed by atoms with van der Waals surface area (Å²) in [5, 5.41) is 4.75. The van der Waals surface area contributed by atoms with Gasteiger partial charge in [0, 0.05) is 17.1 Å². The van der Waals surface area contributed by atoms with Crippen molar-refractivity contribution in [3.8, 4) is 11.1 Å². The fourth-order valence-corrected chi connectivity index (χ4v) is 4.39. The van der Waals surface area contributed by atoms with E-state index in [0.717, 1.165) is 22.3 Å². The minimum Gasteiger partial charge on any atom is -0.449 e. The Morgan fingerprint density at radius 2 is 1.49 bits per heavy atom. The molecule has 1 aliphatic carbocycles. The maximum Gasteiger partial charge on any atom is 0.407 e. The number of rotatable bonds is 10. The van der Waals surface area contributed by atoms with Crippen molar-refractivity contribution in [2.75, 3.05) is 6.61 Å². The fourth-order valence-electron chi connectivity index (χ4n) is 4.25. The molecule has 0 aliphatic heterocycles. The second kappa shape index (κ2) is 12.7. The number of hydrazine groups is 1. The number of benzene rings is 2. The molecule has 2 aromatic carbocycles. The first kappa shape index (κ1) is 29.5. The summed E-state index contributed by atoms with van der Waals surface area (Å²) in [5.74, 6) is -3.04. The van der Waals surface area contributed by atoms with Gasteiger partial charge in [-0.1, -0.05) is 62.4 Å². The average molecular weight is 556 g/mol. The molecule has 2 atom stereocenters. The van der Waals surface area contributed by atoms with E-state index >= 15 is 0 Å². The van der Waals surface area contributed by atoms with E-state index < -0.39 is 53.0 Å². The van der Waals surface area contributed by atoms with E-state index in [-0.39, 0.29) is 18.9 Å². The number of alkyl carbamates (subject to hydrolysis) is 1. The van der Waals surface area contributed by atoms with Gasteiger partial charge in [-0.2, -0.15) is 12.6 Å². The smallest absolute Gasteiger partial charge is 0.407 e. The van der Waals surface area contributed by atoms with Crippen LogP contribution in [0.4, 0.5) is 4.79 Å². The molecule has 12 heteroatoms. The van der Waals surface area contributed by atoms with Crippen LogP contribution in [0, 0.1) is 0 Å². The Balaban J connectivity index is 1.57. The van der Waals surface area contributed by atoms with Crippen molar-refractivity contribution in [2.24, 2.45) is 5.73 Å². The molecular weight excluding hydrogens is 522 g/mol. The lowest BCUT2D eigenvalue weighted by atomic mass is 9.98. The van der Waals surface area contributed by atoms with Gasteiger partial charge in [0.1, 0.15) is 18.7 Å². The van der Waals surface area contributed by atoms with Gasteiger partial charge >= 0.3 is 6.09 Å². The number of ether oxygens (including phenoxy) is 1. The van der Waals surface area contributed by atoms with Crippen LogP contribution in [0.3, 0.4) is 0 Å². The predicted octanol–water partition coefficient (Wildman–Crippen LogP) is 1.52. The first-order valence-electron chi connectivity index (χ1n) is 12.4. The first-order chi connectivity index (χ1) is 18.4. The Kier molecular flexibility index (Phi) is 9.57. The molecule has 3 rings (SSSR count). The van der Waals surface area contributed by atoms with Gasteiger partial charge in [0.25, 0.3) is 5.91 Å². The van der Waals surface area contributed by atoms with Crippen molar-refractivity contribution < 1.29 is 28.7 Å². The minimum atomic E-state index is -1.38.